The summed E-state index contributed by atoms with van der Waals surface area (Å²) >= 11 is 3.59. The Labute approximate surface area is 91.4 Å². The molecule has 0 unspecified atom stereocenters. The van der Waals surface area contributed by atoms with Gasteiger partial charge in [-0.2, -0.15) is 0 Å². The zero-order valence-electron chi connectivity index (χ0n) is 7.75. The van der Waals surface area contributed by atoms with Crippen LogP contribution in [0.5, 0.6) is 0 Å². The molecule has 14 heavy (non-hydrogen) atoms. The molecule has 1 aromatic rings. The van der Waals surface area contributed by atoms with Gasteiger partial charge in [0.15, 0.2) is 0 Å². The first-order chi connectivity index (χ1) is 6.77. The van der Waals surface area contributed by atoms with Crippen LogP contribution in [0.15, 0.2) is 24.3 Å². The van der Waals surface area contributed by atoms with Crippen molar-refractivity contribution in [2.24, 2.45) is 0 Å². The molecule has 0 bridgehead atoms. The van der Waals surface area contributed by atoms with Crippen molar-refractivity contribution in [3.05, 3.63) is 35.6 Å². The number of alkyl halides is 1. The quantitative estimate of drug-likeness (QED) is 0.702. The second-order valence-corrected chi connectivity index (χ2v) is 4.68. The Balaban J connectivity index is 2.16. The second kappa shape index (κ2) is 4.41. The van der Waals surface area contributed by atoms with Crippen molar-refractivity contribution in [1.82, 2.24) is 0 Å². The van der Waals surface area contributed by atoms with Crippen LogP contribution in [0.4, 0.5) is 4.39 Å². The van der Waals surface area contributed by atoms with E-state index in [9.17, 15) is 4.39 Å². The fourth-order valence-electron chi connectivity index (χ4n) is 1.70. The highest BCUT2D eigenvalue weighted by molar-refractivity contribution is 9.09. The molecule has 1 aromatic carbocycles. The molecule has 0 saturated carbocycles. The van der Waals surface area contributed by atoms with Gasteiger partial charge in [0.1, 0.15) is 5.82 Å². The van der Waals surface area contributed by atoms with Gasteiger partial charge in [-0.3, -0.25) is 0 Å². The van der Waals surface area contributed by atoms with Crippen LogP contribution >= 0.6 is 15.9 Å². The highest BCUT2D eigenvalue weighted by Crippen LogP contribution is 2.33. The first-order valence-electron chi connectivity index (χ1n) is 4.78. The number of ether oxygens (including phenoxy) is 1. The molecule has 0 radical (unpaired) electrons. The Bertz CT molecular complexity index is 299. The minimum Gasteiger partial charge on any atom is -0.372 e. The van der Waals surface area contributed by atoms with Crippen LogP contribution in [-0.4, -0.2) is 11.4 Å². The summed E-state index contributed by atoms with van der Waals surface area (Å²) < 4.78 is 18.3. The van der Waals surface area contributed by atoms with E-state index in [2.05, 4.69) is 15.9 Å². The molecule has 1 fully saturated rings. The number of rotatable bonds is 1. The van der Waals surface area contributed by atoms with Crippen molar-refractivity contribution in [1.29, 1.82) is 0 Å². The fraction of sp³-hybridized carbons (Fsp3) is 0.455. The summed E-state index contributed by atoms with van der Waals surface area (Å²) in [7, 11) is 0. The minimum absolute atomic E-state index is 0.0735. The normalized spacial score (nSPS) is 27.6. The van der Waals surface area contributed by atoms with E-state index in [0.29, 0.717) is 4.83 Å². The smallest absolute Gasteiger partial charge is 0.123 e. The maximum Gasteiger partial charge on any atom is 0.123 e. The van der Waals surface area contributed by atoms with Crippen LogP contribution in [-0.2, 0) is 4.74 Å². The van der Waals surface area contributed by atoms with Gasteiger partial charge < -0.3 is 4.74 Å². The van der Waals surface area contributed by atoms with Crippen molar-refractivity contribution in [3.63, 3.8) is 0 Å². The number of halogens is 2. The molecule has 2 atom stereocenters. The number of hydrogen-bond acceptors (Lipinski definition) is 1. The van der Waals surface area contributed by atoms with E-state index in [1.807, 2.05) is 0 Å². The third-order valence-corrected chi connectivity index (χ3v) is 3.39. The third-order valence-electron chi connectivity index (χ3n) is 2.45. The monoisotopic (exact) mass is 258 g/mol. The Morgan fingerprint density at radius 3 is 2.64 bits per heavy atom. The molecule has 1 saturated heterocycles. The Morgan fingerprint density at radius 2 is 2.00 bits per heavy atom. The first kappa shape index (κ1) is 10.1. The molecule has 2 rings (SSSR count). The lowest BCUT2D eigenvalue weighted by Crippen LogP contribution is -2.22. The predicted octanol–water partition coefficient (Wildman–Crippen LogP) is 3.44. The van der Waals surface area contributed by atoms with Gasteiger partial charge in [0.2, 0.25) is 0 Å². The van der Waals surface area contributed by atoms with Crippen molar-refractivity contribution in [2.75, 3.05) is 6.61 Å². The van der Waals surface area contributed by atoms with E-state index < -0.39 is 0 Å². The van der Waals surface area contributed by atoms with Crippen molar-refractivity contribution in [2.45, 2.75) is 23.8 Å². The highest BCUT2D eigenvalue weighted by Gasteiger charge is 2.24. The van der Waals surface area contributed by atoms with E-state index in [0.717, 1.165) is 25.0 Å². The summed E-state index contributed by atoms with van der Waals surface area (Å²) in [6.45, 7) is 0.796. The predicted molar refractivity (Wildman–Crippen MR) is 57.0 cm³/mol. The molecule has 3 heteroatoms. The molecular formula is C11H12BrFO. The van der Waals surface area contributed by atoms with Gasteiger partial charge in [0.25, 0.3) is 0 Å². The van der Waals surface area contributed by atoms with Crippen LogP contribution in [0.3, 0.4) is 0 Å². The van der Waals surface area contributed by atoms with Gasteiger partial charge in [0, 0.05) is 11.4 Å². The zero-order valence-corrected chi connectivity index (χ0v) is 9.34. The average molecular weight is 259 g/mol. The SMILES string of the molecule is Fc1ccc([C@H]2OCCC[C@H]2Br)cc1. The standard InChI is InChI=1S/C11H12BrFO/c12-10-2-1-7-14-11(10)8-3-5-9(13)6-4-8/h3-6,10-11H,1-2,7H2/t10-,11-/m1/s1. The fourth-order valence-corrected chi connectivity index (χ4v) is 2.48. The van der Waals surface area contributed by atoms with Gasteiger partial charge >= 0.3 is 0 Å². The van der Waals surface area contributed by atoms with E-state index in [4.69, 9.17) is 4.74 Å². The highest BCUT2D eigenvalue weighted by atomic mass is 79.9. The van der Waals surface area contributed by atoms with E-state index in [1.54, 1.807) is 12.1 Å². The van der Waals surface area contributed by atoms with Gasteiger partial charge in [-0.25, -0.2) is 4.39 Å². The van der Waals surface area contributed by atoms with E-state index in [1.165, 1.54) is 12.1 Å². The molecule has 0 amide bonds. The molecule has 0 N–H and O–H groups in total. The molecule has 76 valence electrons. The average Bonchev–Trinajstić information content (AvgIpc) is 2.20. The lowest BCUT2D eigenvalue weighted by Gasteiger charge is -2.28. The summed E-state index contributed by atoms with van der Waals surface area (Å²) in [5.74, 6) is -0.198. The summed E-state index contributed by atoms with van der Waals surface area (Å²) in [5, 5.41) is 0. The molecule has 0 aromatic heterocycles. The van der Waals surface area contributed by atoms with Crippen LogP contribution in [0.2, 0.25) is 0 Å². The maximum atomic E-state index is 12.7. The zero-order chi connectivity index (χ0) is 9.97. The Hall–Kier alpha value is -0.410. The molecule has 1 aliphatic rings. The van der Waals surface area contributed by atoms with E-state index >= 15 is 0 Å². The van der Waals surface area contributed by atoms with Crippen LogP contribution in [0.25, 0.3) is 0 Å². The van der Waals surface area contributed by atoms with E-state index in [-0.39, 0.29) is 11.9 Å². The van der Waals surface area contributed by atoms with Crippen LogP contribution in [0.1, 0.15) is 24.5 Å². The van der Waals surface area contributed by atoms with Gasteiger partial charge in [-0.05, 0) is 30.5 Å². The maximum absolute atomic E-state index is 12.7. The minimum atomic E-state index is -0.198. The molecule has 0 spiro atoms. The summed E-state index contributed by atoms with van der Waals surface area (Å²) in [5.41, 5.74) is 1.05. The van der Waals surface area contributed by atoms with Crippen molar-refractivity contribution in [3.8, 4) is 0 Å². The Kier molecular flexibility index (Phi) is 3.19. The number of hydrogen-bond donors (Lipinski definition) is 0. The lowest BCUT2D eigenvalue weighted by atomic mass is 10.0. The second-order valence-electron chi connectivity index (χ2n) is 3.50. The molecule has 1 nitrogen and oxygen atoms in total. The van der Waals surface area contributed by atoms with Gasteiger partial charge in [-0.15, -0.1) is 0 Å². The molecular weight excluding hydrogens is 247 g/mol. The third kappa shape index (κ3) is 2.15. The van der Waals surface area contributed by atoms with Crippen molar-refractivity contribution < 1.29 is 9.13 Å². The molecule has 1 heterocycles. The summed E-state index contributed by atoms with van der Waals surface area (Å²) in [6, 6.07) is 6.54. The summed E-state index contributed by atoms with van der Waals surface area (Å²) in [4.78, 5) is 0.349. The van der Waals surface area contributed by atoms with Crippen LogP contribution in [0, 0.1) is 5.82 Å². The largest absolute Gasteiger partial charge is 0.372 e. The van der Waals surface area contributed by atoms with Gasteiger partial charge in [0.05, 0.1) is 6.10 Å². The molecule has 1 aliphatic heterocycles. The summed E-state index contributed by atoms with van der Waals surface area (Å²) in [6.07, 6.45) is 2.28. The Morgan fingerprint density at radius 1 is 1.29 bits per heavy atom. The molecule has 0 aliphatic carbocycles. The van der Waals surface area contributed by atoms with Crippen LogP contribution < -0.4 is 0 Å². The first-order valence-corrected chi connectivity index (χ1v) is 5.70. The van der Waals surface area contributed by atoms with Crippen molar-refractivity contribution >= 4 is 15.9 Å². The lowest BCUT2D eigenvalue weighted by molar-refractivity contribution is 0.0217. The van der Waals surface area contributed by atoms with Gasteiger partial charge in [-0.1, -0.05) is 28.1 Å². The number of benzene rings is 1. The topological polar surface area (TPSA) is 9.23 Å².